The molecule has 1 aliphatic heterocycles. The van der Waals surface area contributed by atoms with Crippen molar-refractivity contribution in [2.24, 2.45) is 0 Å². The first-order valence-corrected chi connectivity index (χ1v) is 8.10. The standard InChI is InChI=1S/C15H11Br2ClO2/c16-8-2-4-14-11(5-8)13(19)7-15(20-14)10-3-1-9(17)6-12(10)18/h1-6,13,15,19H,7H2/t13-,15?/m1/s1. The molecule has 0 saturated heterocycles. The maximum absolute atomic E-state index is 10.3. The molecule has 0 bridgehead atoms. The predicted octanol–water partition coefficient (Wildman–Crippen LogP) is 5.42. The third kappa shape index (κ3) is 2.75. The highest BCUT2D eigenvalue weighted by molar-refractivity contribution is 9.10. The van der Waals surface area contributed by atoms with Gasteiger partial charge in [-0.05, 0) is 30.3 Å². The summed E-state index contributed by atoms with van der Waals surface area (Å²) in [5, 5.41) is 10.9. The molecule has 20 heavy (non-hydrogen) atoms. The summed E-state index contributed by atoms with van der Waals surface area (Å²) in [6.07, 6.45) is -0.301. The summed E-state index contributed by atoms with van der Waals surface area (Å²) in [5.74, 6) is 0.705. The van der Waals surface area contributed by atoms with E-state index in [0.29, 0.717) is 17.2 Å². The Bertz CT molecular complexity index is 660. The normalized spacial score (nSPS) is 21.2. The third-order valence-electron chi connectivity index (χ3n) is 3.35. The van der Waals surface area contributed by atoms with Gasteiger partial charge >= 0.3 is 0 Å². The van der Waals surface area contributed by atoms with Gasteiger partial charge in [-0.3, -0.25) is 0 Å². The Labute approximate surface area is 139 Å². The van der Waals surface area contributed by atoms with Crippen LogP contribution in [0.4, 0.5) is 0 Å². The smallest absolute Gasteiger partial charge is 0.128 e. The van der Waals surface area contributed by atoms with Gasteiger partial charge < -0.3 is 9.84 Å². The molecule has 1 unspecified atom stereocenters. The number of benzene rings is 2. The quantitative estimate of drug-likeness (QED) is 0.670. The van der Waals surface area contributed by atoms with Gasteiger partial charge in [-0.25, -0.2) is 0 Å². The number of fused-ring (bicyclic) bond motifs is 1. The Morgan fingerprint density at radius 3 is 2.50 bits per heavy atom. The van der Waals surface area contributed by atoms with Crippen LogP contribution >= 0.6 is 43.5 Å². The van der Waals surface area contributed by atoms with Crippen LogP contribution in [0.3, 0.4) is 0 Å². The van der Waals surface area contributed by atoms with E-state index in [1.54, 1.807) is 0 Å². The van der Waals surface area contributed by atoms with Crippen LogP contribution in [-0.2, 0) is 0 Å². The zero-order chi connectivity index (χ0) is 14.3. The number of aliphatic hydroxyl groups is 1. The number of hydrogen-bond acceptors (Lipinski definition) is 2. The van der Waals surface area contributed by atoms with Gasteiger partial charge in [0.05, 0.1) is 6.10 Å². The van der Waals surface area contributed by atoms with Crippen LogP contribution < -0.4 is 4.74 Å². The molecule has 0 saturated carbocycles. The number of ether oxygens (including phenoxy) is 1. The molecule has 0 aromatic heterocycles. The van der Waals surface area contributed by atoms with Gasteiger partial charge in [0.2, 0.25) is 0 Å². The Kier molecular flexibility index (Phi) is 4.09. The average Bonchev–Trinajstić information content (AvgIpc) is 2.39. The van der Waals surface area contributed by atoms with E-state index >= 15 is 0 Å². The second kappa shape index (κ2) is 5.68. The van der Waals surface area contributed by atoms with E-state index in [0.717, 1.165) is 20.1 Å². The van der Waals surface area contributed by atoms with Gasteiger partial charge in [0.25, 0.3) is 0 Å². The van der Waals surface area contributed by atoms with E-state index in [2.05, 4.69) is 31.9 Å². The molecule has 0 fully saturated rings. The molecular weight excluding hydrogens is 407 g/mol. The lowest BCUT2D eigenvalue weighted by Crippen LogP contribution is -2.19. The molecule has 0 radical (unpaired) electrons. The zero-order valence-corrected chi connectivity index (χ0v) is 14.2. The summed E-state index contributed by atoms with van der Waals surface area (Å²) in [4.78, 5) is 0. The van der Waals surface area contributed by atoms with Crippen LogP contribution in [0.15, 0.2) is 45.3 Å². The van der Waals surface area contributed by atoms with Crippen molar-refractivity contribution < 1.29 is 9.84 Å². The van der Waals surface area contributed by atoms with E-state index in [9.17, 15) is 5.11 Å². The summed E-state index contributed by atoms with van der Waals surface area (Å²) >= 11 is 13.1. The van der Waals surface area contributed by atoms with E-state index in [-0.39, 0.29) is 6.10 Å². The minimum absolute atomic E-state index is 0.237. The van der Waals surface area contributed by atoms with Crippen LogP contribution in [0, 0.1) is 0 Å². The lowest BCUT2D eigenvalue weighted by Gasteiger charge is -2.30. The predicted molar refractivity (Wildman–Crippen MR) is 86.2 cm³/mol. The molecule has 0 spiro atoms. The molecule has 2 atom stereocenters. The van der Waals surface area contributed by atoms with Crippen LogP contribution in [0.2, 0.25) is 5.02 Å². The minimum Gasteiger partial charge on any atom is -0.485 e. The molecule has 2 nitrogen and oxygen atoms in total. The summed E-state index contributed by atoms with van der Waals surface area (Å²) in [5.41, 5.74) is 1.70. The second-order valence-corrected chi connectivity index (χ2v) is 6.94. The fraction of sp³-hybridized carbons (Fsp3) is 0.200. The number of hydrogen-bond donors (Lipinski definition) is 1. The highest BCUT2D eigenvalue weighted by Gasteiger charge is 2.29. The second-order valence-electron chi connectivity index (χ2n) is 4.71. The number of halogens is 3. The zero-order valence-electron chi connectivity index (χ0n) is 10.3. The average molecular weight is 419 g/mol. The lowest BCUT2D eigenvalue weighted by molar-refractivity contribution is 0.0657. The van der Waals surface area contributed by atoms with Gasteiger partial charge in [-0.15, -0.1) is 0 Å². The summed E-state index contributed by atoms with van der Waals surface area (Å²) < 4.78 is 7.84. The van der Waals surface area contributed by atoms with Crippen LogP contribution in [0.25, 0.3) is 0 Å². The van der Waals surface area contributed by atoms with Crippen LogP contribution in [0.5, 0.6) is 5.75 Å². The van der Waals surface area contributed by atoms with Gasteiger partial charge in [0, 0.05) is 31.5 Å². The molecule has 104 valence electrons. The lowest BCUT2D eigenvalue weighted by atomic mass is 9.95. The van der Waals surface area contributed by atoms with Crippen molar-refractivity contribution >= 4 is 43.5 Å². The molecule has 1 heterocycles. The molecule has 5 heteroatoms. The highest BCUT2D eigenvalue weighted by Crippen LogP contribution is 2.43. The Hall–Kier alpha value is -0.550. The van der Waals surface area contributed by atoms with Crippen LogP contribution in [0.1, 0.15) is 29.8 Å². The Balaban J connectivity index is 1.97. The highest BCUT2D eigenvalue weighted by atomic mass is 79.9. The molecule has 3 rings (SSSR count). The number of rotatable bonds is 1. The van der Waals surface area contributed by atoms with E-state index < -0.39 is 6.10 Å². The van der Waals surface area contributed by atoms with Crippen LogP contribution in [-0.4, -0.2) is 5.11 Å². The largest absolute Gasteiger partial charge is 0.485 e. The van der Waals surface area contributed by atoms with Crippen molar-refractivity contribution in [3.63, 3.8) is 0 Å². The van der Waals surface area contributed by atoms with Crippen molar-refractivity contribution in [3.8, 4) is 5.75 Å². The summed E-state index contributed by atoms with van der Waals surface area (Å²) in [7, 11) is 0. The monoisotopic (exact) mass is 416 g/mol. The first kappa shape index (κ1) is 14.4. The van der Waals surface area contributed by atoms with Crippen molar-refractivity contribution in [3.05, 3.63) is 61.5 Å². The molecule has 2 aromatic rings. The molecule has 0 aliphatic carbocycles. The molecule has 2 aromatic carbocycles. The van der Waals surface area contributed by atoms with E-state index in [1.165, 1.54) is 0 Å². The Morgan fingerprint density at radius 2 is 1.75 bits per heavy atom. The first-order chi connectivity index (χ1) is 9.54. The fourth-order valence-electron chi connectivity index (χ4n) is 2.37. The van der Waals surface area contributed by atoms with Crippen molar-refractivity contribution in [2.75, 3.05) is 0 Å². The topological polar surface area (TPSA) is 29.5 Å². The maximum atomic E-state index is 10.3. The van der Waals surface area contributed by atoms with Gasteiger partial charge in [0.1, 0.15) is 11.9 Å². The SMILES string of the molecule is O[C@@H]1CC(c2ccc(Br)cc2Cl)Oc2ccc(Br)cc21. The number of aliphatic hydroxyl groups excluding tert-OH is 1. The van der Waals surface area contributed by atoms with Gasteiger partial charge in [-0.1, -0.05) is 49.5 Å². The molecule has 0 amide bonds. The minimum atomic E-state index is -0.555. The Morgan fingerprint density at radius 1 is 1.05 bits per heavy atom. The molecule has 1 N–H and O–H groups in total. The summed E-state index contributed by atoms with van der Waals surface area (Å²) in [6.45, 7) is 0. The molecular formula is C15H11Br2ClO2. The van der Waals surface area contributed by atoms with Crippen molar-refractivity contribution in [1.29, 1.82) is 0 Å². The van der Waals surface area contributed by atoms with E-state index in [1.807, 2.05) is 36.4 Å². The van der Waals surface area contributed by atoms with Gasteiger partial charge in [0.15, 0.2) is 0 Å². The van der Waals surface area contributed by atoms with Gasteiger partial charge in [-0.2, -0.15) is 0 Å². The van der Waals surface area contributed by atoms with Crippen molar-refractivity contribution in [2.45, 2.75) is 18.6 Å². The fourth-order valence-corrected chi connectivity index (χ4v) is 3.55. The summed E-state index contributed by atoms with van der Waals surface area (Å²) in [6, 6.07) is 11.3. The third-order valence-corrected chi connectivity index (χ3v) is 4.66. The maximum Gasteiger partial charge on any atom is 0.128 e. The van der Waals surface area contributed by atoms with Crippen molar-refractivity contribution in [1.82, 2.24) is 0 Å². The molecule has 1 aliphatic rings. The van der Waals surface area contributed by atoms with E-state index in [4.69, 9.17) is 16.3 Å². The first-order valence-electron chi connectivity index (χ1n) is 6.13.